The first-order valence-corrected chi connectivity index (χ1v) is 5.41. The van der Waals surface area contributed by atoms with E-state index in [1.165, 1.54) is 11.1 Å². The molecule has 1 aliphatic carbocycles. The highest BCUT2D eigenvalue weighted by Gasteiger charge is 2.13. The summed E-state index contributed by atoms with van der Waals surface area (Å²) in [4.78, 5) is 10.7. The molecule has 0 aliphatic heterocycles. The monoisotopic (exact) mass is 217 g/mol. The Morgan fingerprint density at radius 3 is 2.69 bits per heavy atom. The Kier molecular flexibility index (Phi) is 3.06. The van der Waals surface area contributed by atoms with Crippen molar-refractivity contribution >= 4 is 5.97 Å². The first kappa shape index (κ1) is 10.9. The summed E-state index contributed by atoms with van der Waals surface area (Å²) >= 11 is 0. The predicted molar refractivity (Wildman–Crippen MR) is 62.3 cm³/mol. The molecular weight excluding hydrogens is 202 g/mol. The third-order valence-electron chi connectivity index (χ3n) is 2.89. The second-order valence-electron chi connectivity index (χ2n) is 4.13. The van der Waals surface area contributed by atoms with E-state index >= 15 is 0 Å². The number of nitrogens with two attached hydrogens (primary N) is 1. The van der Waals surface area contributed by atoms with Crippen LogP contribution < -0.4 is 5.73 Å². The molecule has 3 nitrogen and oxygen atoms in total. The van der Waals surface area contributed by atoms with Crippen molar-refractivity contribution in [1.29, 1.82) is 0 Å². The van der Waals surface area contributed by atoms with E-state index < -0.39 is 12.0 Å². The van der Waals surface area contributed by atoms with Crippen LogP contribution in [0.1, 0.15) is 16.7 Å². The lowest BCUT2D eigenvalue weighted by atomic mass is 9.93. The van der Waals surface area contributed by atoms with Gasteiger partial charge in [-0.15, -0.1) is 0 Å². The molecule has 16 heavy (non-hydrogen) atoms. The molecule has 3 heteroatoms. The Morgan fingerprint density at radius 1 is 1.31 bits per heavy atom. The summed E-state index contributed by atoms with van der Waals surface area (Å²) in [6.07, 6.45) is 6.60. The van der Waals surface area contributed by atoms with Crippen LogP contribution in [0.2, 0.25) is 0 Å². The number of aliphatic carboxylic acids is 1. The van der Waals surface area contributed by atoms with Gasteiger partial charge in [0.1, 0.15) is 6.04 Å². The fraction of sp³-hybridized carbons (Fsp3) is 0.308. The van der Waals surface area contributed by atoms with Crippen LogP contribution in [0.25, 0.3) is 0 Å². The van der Waals surface area contributed by atoms with Crippen molar-refractivity contribution in [3.05, 3.63) is 47.0 Å². The molecule has 2 rings (SSSR count). The van der Waals surface area contributed by atoms with Crippen LogP contribution in [0.5, 0.6) is 0 Å². The third kappa shape index (κ3) is 2.31. The highest BCUT2D eigenvalue weighted by atomic mass is 16.4. The summed E-state index contributed by atoms with van der Waals surface area (Å²) in [5.74, 6) is -0.947. The molecule has 0 amide bonds. The van der Waals surface area contributed by atoms with Crippen LogP contribution in [-0.2, 0) is 24.1 Å². The molecule has 0 saturated heterocycles. The molecule has 0 radical (unpaired) electrons. The third-order valence-corrected chi connectivity index (χ3v) is 2.89. The first-order chi connectivity index (χ1) is 7.66. The molecule has 0 spiro atoms. The Hall–Kier alpha value is -1.61. The second kappa shape index (κ2) is 4.49. The number of hydrogen-bond acceptors (Lipinski definition) is 2. The lowest BCUT2D eigenvalue weighted by Gasteiger charge is -2.13. The number of allylic oxidation sites excluding steroid dienone is 2. The van der Waals surface area contributed by atoms with Gasteiger partial charge in [0.25, 0.3) is 0 Å². The Bertz CT molecular complexity index is 438. The van der Waals surface area contributed by atoms with Gasteiger partial charge in [0, 0.05) is 0 Å². The second-order valence-corrected chi connectivity index (χ2v) is 4.13. The molecule has 0 bridgehead atoms. The molecule has 3 N–H and O–H groups in total. The topological polar surface area (TPSA) is 63.3 Å². The van der Waals surface area contributed by atoms with E-state index in [4.69, 9.17) is 10.8 Å². The molecule has 0 saturated carbocycles. The molecule has 1 aromatic carbocycles. The van der Waals surface area contributed by atoms with Crippen molar-refractivity contribution in [2.75, 3.05) is 0 Å². The van der Waals surface area contributed by atoms with Gasteiger partial charge in [0.15, 0.2) is 0 Å². The largest absolute Gasteiger partial charge is 0.480 e. The van der Waals surface area contributed by atoms with Gasteiger partial charge in [0.05, 0.1) is 0 Å². The fourth-order valence-electron chi connectivity index (χ4n) is 1.96. The SMILES string of the molecule is N[C@@H](Cc1ccc2c(c1)CC=CC2)C(=O)O. The molecule has 84 valence electrons. The van der Waals surface area contributed by atoms with Gasteiger partial charge in [-0.3, -0.25) is 4.79 Å². The zero-order valence-corrected chi connectivity index (χ0v) is 9.02. The normalized spacial score (nSPS) is 15.6. The van der Waals surface area contributed by atoms with Crippen molar-refractivity contribution in [3.8, 4) is 0 Å². The van der Waals surface area contributed by atoms with Crippen molar-refractivity contribution in [1.82, 2.24) is 0 Å². The van der Waals surface area contributed by atoms with E-state index in [2.05, 4.69) is 24.3 Å². The zero-order chi connectivity index (χ0) is 11.5. The van der Waals surface area contributed by atoms with E-state index in [1.54, 1.807) is 0 Å². The maximum Gasteiger partial charge on any atom is 0.320 e. The van der Waals surface area contributed by atoms with Crippen molar-refractivity contribution < 1.29 is 9.90 Å². The van der Waals surface area contributed by atoms with Crippen molar-refractivity contribution in [2.24, 2.45) is 5.73 Å². The average molecular weight is 217 g/mol. The van der Waals surface area contributed by atoms with Gasteiger partial charge in [-0.1, -0.05) is 30.4 Å². The molecule has 0 heterocycles. The van der Waals surface area contributed by atoms with Crippen molar-refractivity contribution in [2.45, 2.75) is 25.3 Å². The van der Waals surface area contributed by atoms with Crippen LogP contribution in [0, 0.1) is 0 Å². The summed E-state index contributed by atoms with van der Waals surface area (Å²) in [6, 6.07) is 5.31. The maximum absolute atomic E-state index is 10.7. The standard InChI is InChI=1S/C13H15NO2/c14-12(13(15)16)8-9-5-6-10-3-1-2-4-11(10)7-9/h1-2,5-7,12H,3-4,8,14H2,(H,15,16)/t12-/m0/s1. The molecule has 1 aromatic rings. The van der Waals surface area contributed by atoms with Crippen LogP contribution in [0.3, 0.4) is 0 Å². The number of hydrogen-bond donors (Lipinski definition) is 2. The number of carboxylic acid groups (broad SMARTS) is 1. The van der Waals surface area contributed by atoms with Crippen molar-refractivity contribution in [3.63, 3.8) is 0 Å². The minimum Gasteiger partial charge on any atom is -0.480 e. The molecule has 1 aliphatic rings. The summed E-state index contributed by atoms with van der Waals surface area (Å²) in [7, 11) is 0. The van der Waals surface area contributed by atoms with Crippen LogP contribution in [0.4, 0.5) is 0 Å². The number of carbonyl (C=O) groups is 1. The lowest BCUT2D eigenvalue weighted by molar-refractivity contribution is -0.138. The van der Waals surface area contributed by atoms with E-state index in [-0.39, 0.29) is 0 Å². The smallest absolute Gasteiger partial charge is 0.320 e. The van der Waals surface area contributed by atoms with Gasteiger partial charge >= 0.3 is 5.97 Å². The van der Waals surface area contributed by atoms with Crippen LogP contribution in [-0.4, -0.2) is 17.1 Å². The van der Waals surface area contributed by atoms with E-state index in [0.717, 1.165) is 18.4 Å². The summed E-state index contributed by atoms with van der Waals surface area (Å²) in [5.41, 5.74) is 9.13. The predicted octanol–water partition coefficient (Wildman–Crippen LogP) is 1.30. The summed E-state index contributed by atoms with van der Waals surface area (Å²) in [6.45, 7) is 0. The highest BCUT2D eigenvalue weighted by Crippen LogP contribution is 2.18. The maximum atomic E-state index is 10.7. The Morgan fingerprint density at radius 2 is 2.00 bits per heavy atom. The Labute approximate surface area is 94.6 Å². The van der Waals surface area contributed by atoms with Gasteiger partial charge < -0.3 is 10.8 Å². The first-order valence-electron chi connectivity index (χ1n) is 5.41. The molecule has 0 fully saturated rings. The summed E-state index contributed by atoms with van der Waals surface area (Å²) < 4.78 is 0. The quantitative estimate of drug-likeness (QED) is 0.750. The molecular formula is C13H15NO2. The number of benzene rings is 1. The summed E-state index contributed by atoms with van der Waals surface area (Å²) in [5, 5.41) is 8.75. The fourth-order valence-corrected chi connectivity index (χ4v) is 1.96. The number of carboxylic acids is 1. The zero-order valence-electron chi connectivity index (χ0n) is 9.02. The van der Waals surface area contributed by atoms with E-state index in [9.17, 15) is 4.79 Å². The van der Waals surface area contributed by atoms with E-state index in [0.29, 0.717) is 6.42 Å². The minimum absolute atomic E-state index is 0.395. The molecule has 0 unspecified atom stereocenters. The number of fused-ring (bicyclic) bond motifs is 1. The van der Waals surface area contributed by atoms with Gasteiger partial charge in [-0.25, -0.2) is 0 Å². The molecule has 1 atom stereocenters. The number of rotatable bonds is 3. The highest BCUT2D eigenvalue weighted by molar-refractivity contribution is 5.73. The molecule has 0 aromatic heterocycles. The lowest BCUT2D eigenvalue weighted by Crippen LogP contribution is -2.32. The van der Waals surface area contributed by atoms with Gasteiger partial charge in [0.2, 0.25) is 0 Å². The Balaban J connectivity index is 2.16. The van der Waals surface area contributed by atoms with Gasteiger partial charge in [-0.05, 0) is 36.0 Å². The van der Waals surface area contributed by atoms with Gasteiger partial charge in [-0.2, -0.15) is 0 Å². The van der Waals surface area contributed by atoms with Crippen LogP contribution >= 0.6 is 0 Å². The average Bonchev–Trinajstić information content (AvgIpc) is 2.28. The minimum atomic E-state index is -0.947. The van der Waals surface area contributed by atoms with Crippen LogP contribution in [0.15, 0.2) is 30.4 Å². The van der Waals surface area contributed by atoms with E-state index in [1.807, 2.05) is 6.07 Å².